The molecule has 1 aromatic heterocycles. The van der Waals surface area contributed by atoms with Crippen LogP contribution in [0.2, 0.25) is 12.0 Å². The van der Waals surface area contributed by atoms with E-state index < -0.39 is 0 Å². The van der Waals surface area contributed by atoms with Gasteiger partial charge in [0.05, 0.1) is 0 Å². The van der Waals surface area contributed by atoms with E-state index in [-0.39, 0.29) is 7.05 Å². The Labute approximate surface area is 125 Å². The smallest absolute Gasteiger partial charge is 0.376 e. The summed E-state index contributed by atoms with van der Waals surface area (Å²) < 4.78 is 0. The standard InChI is InChI=1S/C13H20BClN4O/c1-14(20)19-9-3-4-10(19)8-11(7-9)18(2)13-6-5-12(15)16-17-13/h5-6,9-11,20H,3-4,7-8H2,1-2H3/t9-,10+,11?. The highest BCUT2D eigenvalue weighted by Crippen LogP contribution is 2.38. The van der Waals surface area contributed by atoms with E-state index in [2.05, 4.69) is 27.0 Å². The Hall–Kier alpha value is -0.845. The van der Waals surface area contributed by atoms with Crippen LogP contribution >= 0.6 is 11.6 Å². The molecule has 1 N–H and O–H groups in total. The first-order valence-electron chi connectivity index (χ1n) is 7.24. The zero-order valence-corrected chi connectivity index (χ0v) is 12.7. The maximum Gasteiger partial charge on any atom is 0.376 e. The summed E-state index contributed by atoms with van der Waals surface area (Å²) in [6.07, 6.45) is 4.52. The molecular weight excluding hydrogens is 274 g/mol. The molecule has 2 aliphatic heterocycles. The van der Waals surface area contributed by atoms with Crippen molar-refractivity contribution in [3.8, 4) is 0 Å². The van der Waals surface area contributed by atoms with Crippen molar-refractivity contribution < 1.29 is 5.02 Å². The summed E-state index contributed by atoms with van der Waals surface area (Å²) in [7, 11) is 1.73. The number of nitrogens with zero attached hydrogens (tertiary/aromatic N) is 4. The molecule has 3 heterocycles. The molecule has 0 amide bonds. The lowest BCUT2D eigenvalue weighted by molar-refractivity contribution is 0.199. The largest absolute Gasteiger partial charge is 0.437 e. The monoisotopic (exact) mass is 294 g/mol. The summed E-state index contributed by atoms with van der Waals surface area (Å²) in [5.41, 5.74) is 0. The Kier molecular flexibility index (Phi) is 3.88. The first kappa shape index (κ1) is 14.1. The van der Waals surface area contributed by atoms with Crippen LogP contribution in [-0.2, 0) is 0 Å². The molecule has 2 bridgehead atoms. The van der Waals surface area contributed by atoms with E-state index in [9.17, 15) is 5.02 Å². The molecule has 5 nitrogen and oxygen atoms in total. The molecule has 0 aliphatic carbocycles. The minimum absolute atomic E-state index is 0.339. The van der Waals surface area contributed by atoms with Gasteiger partial charge in [-0.1, -0.05) is 11.6 Å². The van der Waals surface area contributed by atoms with E-state index >= 15 is 0 Å². The zero-order valence-electron chi connectivity index (χ0n) is 11.9. The van der Waals surface area contributed by atoms with Gasteiger partial charge in [0, 0.05) is 25.2 Å². The van der Waals surface area contributed by atoms with Crippen LogP contribution in [0.15, 0.2) is 12.1 Å². The minimum Gasteiger partial charge on any atom is -0.437 e. The SMILES string of the molecule is CB(O)N1[C@@H]2CC[C@H]1CC(N(C)c1ccc(Cl)nn1)C2. The molecule has 2 aliphatic rings. The second-order valence-corrected chi connectivity index (χ2v) is 6.30. The fourth-order valence-corrected chi connectivity index (χ4v) is 3.90. The van der Waals surface area contributed by atoms with Gasteiger partial charge in [-0.05, 0) is 44.6 Å². The molecule has 2 fully saturated rings. The van der Waals surface area contributed by atoms with E-state index in [4.69, 9.17) is 11.6 Å². The first-order chi connectivity index (χ1) is 9.56. The molecule has 1 unspecified atom stereocenters. The van der Waals surface area contributed by atoms with Crippen LogP contribution in [0, 0.1) is 0 Å². The predicted molar refractivity (Wildman–Crippen MR) is 81.0 cm³/mol. The zero-order chi connectivity index (χ0) is 14.3. The second kappa shape index (κ2) is 5.50. The Balaban J connectivity index is 1.72. The number of hydrogen-bond donors (Lipinski definition) is 1. The van der Waals surface area contributed by atoms with Crippen LogP contribution in [-0.4, -0.2) is 52.3 Å². The highest BCUT2D eigenvalue weighted by atomic mass is 35.5. The van der Waals surface area contributed by atoms with Gasteiger partial charge in [-0.15, -0.1) is 10.2 Å². The molecule has 108 valence electrons. The lowest BCUT2D eigenvalue weighted by atomic mass is 9.78. The quantitative estimate of drug-likeness (QED) is 0.860. The molecule has 3 rings (SSSR count). The molecule has 0 radical (unpaired) electrons. The van der Waals surface area contributed by atoms with Crippen LogP contribution in [0.4, 0.5) is 5.82 Å². The predicted octanol–water partition coefficient (Wildman–Crippen LogP) is 1.67. The van der Waals surface area contributed by atoms with Crippen LogP contribution in [0.5, 0.6) is 0 Å². The van der Waals surface area contributed by atoms with Crippen LogP contribution in [0.3, 0.4) is 0 Å². The third-order valence-electron chi connectivity index (χ3n) is 4.72. The fourth-order valence-electron chi connectivity index (χ4n) is 3.80. The van der Waals surface area contributed by atoms with Crippen molar-refractivity contribution in [2.75, 3.05) is 11.9 Å². The maximum absolute atomic E-state index is 9.91. The summed E-state index contributed by atoms with van der Waals surface area (Å²) in [4.78, 5) is 4.48. The summed E-state index contributed by atoms with van der Waals surface area (Å²) in [5, 5.41) is 18.4. The lowest BCUT2D eigenvalue weighted by Crippen LogP contribution is -2.54. The highest BCUT2D eigenvalue weighted by Gasteiger charge is 2.44. The molecule has 0 saturated carbocycles. The Bertz CT molecular complexity index is 458. The number of halogens is 1. The number of fused-ring (bicyclic) bond motifs is 2. The summed E-state index contributed by atoms with van der Waals surface area (Å²) in [6.45, 7) is 1.88. The molecule has 1 aromatic rings. The third-order valence-corrected chi connectivity index (χ3v) is 4.92. The Morgan fingerprint density at radius 3 is 2.45 bits per heavy atom. The van der Waals surface area contributed by atoms with E-state index in [1.54, 1.807) is 6.07 Å². The Morgan fingerprint density at radius 2 is 1.95 bits per heavy atom. The summed E-state index contributed by atoms with van der Waals surface area (Å²) in [6, 6.07) is 5.12. The second-order valence-electron chi connectivity index (χ2n) is 5.91. The van der Waals surface area contributed by atoms with E-state index in [0.717, 1.165) is 18.7 Å². The number of piperidine rings is 1. The van der Waals surface area contributed by atoms with E-state index in [0.29, 0.717) is 23.3 Å². The molecule has 20 heavy (non-hydrogen) atoms. The number of hydrogen-bond acceptors (Lipinski definition) is 5. The van der Waals surface area contributed by atoms with Gasteiger partial charge in [0.2, 0.25) is 0 Å². The van der Waals surface area contributed by atoms with Gasteiger partial charge < -0.3 is 14.7 Å². The van der Waals surface area contributed by atoms with Crippen molar-refractivity contribution in [1.82, 2.24) is 15.0 Å². The van der Waals surface area contributed by atoms with E-state index in [1.807, 2.05) is 12.9 Å². The van der Waals surface area contributed by atoms with Crippen molar-refractivity contribution >= 4 is 24.5 Å². The topological polar surface area (TPSA) is 52.5 Å². The molecular formula is C13H20BClN4O. The van der Waals surface area contributed by atoms with E-state index in [1.165, 1.54) is 12.8 Å². The number of anilines is 1. The van der Waals surface area contributed by atoms with Gasteiger partial charge in [-0.3, -0.25) is 0 Å². The van der Waals surface area contributed by atoms with Gasteiger partial charge in [0.1, 0.15) is 0 Å². The highest BCUT2D eigenvalue weighted by molar-refractivity contribution is 6.45. The minimum atomic E-state index is -0.339. The first-order valence-corrected chi connectivity index (χ1v) is 7.61. The molecule has 7 heteroatoms. The molecule has 2 saturated heterocycles. The molecule has 0 aromatic carbocycles. The number of rotatable bonds is 3. The Morgan fingerprint density at radius 1 is 1.30 bits per heavy atom. The van der Waals surface area contributed by atoms with Gasteiger partial charge in [-0.25, -0.2) is 0 Å². The fraction of sp³-hybridized carbons (Fsp3) is 0.692. The average Bonchev–Trinajstić information content (AvgIpc) is 2.70. The molecule has 3 atom stereocenters. The van der Waals surface area contributed by atoms with Crippen molar-refractivity contribution in [1.29, 1.82) is 0 Å². The van der Waals surface area contributed by atoms with Crippen molar-refractivity contribution in [2.45, 2.75) is 50.6 Å². The van der Waals surface area contributed by atoms with Crippen LogP contribution < -0.4 is 4.90 Å². The summed E-state index contributed by atoms with van der Waals surface area (Å²) >= 11 is 5.79. The normalized spacial score (nSPS) is 29.5. The van der Waals surface area contributed by atoms with Gasteiger partial charge in [0.25, 0.3) is 0 Å². The van der Waals surface area contributed by atoms with Crippen LogP contribution in [0.1, 0.15) is 25.7 Å². The van der Waals surface area contributed by atoms with Gasteiger partial charge in [0.15, 0.2) is 11.0 Å². The van der Waals surface area contributed by atoms with Crippen molar-refractivity contribution in [3.05, 3.63) is 17.3 Å². The van der Waals surface area contributed by atoms with Crippen LogP contribution in [0.25, 0.3) is 0 Å². The number of aromatic nitrogens is 2. The average molecular weight is 295 g/mol. The summed E-state index contributed by atoms with van der Waals surface area (Å²) in [5.74, 6) is 0.865. The maximum atomic E-state index is 9.91. The van der Waals surface area contributed by atoms with Crippen molar-refractivity contribution in [3.63, 3.8) is 0 Å². The third kappa shape index (κ3) is 2.52. The van der Waals surface area contributed by atoms with Gasteiger partial charge in [-0.2, -0.15) is 0 Å². The van der Waals surface area contributed by atoms with Crippen molar-refractivity contribution in [2.24, 2.45) is 0 Å². The molecule has 0 spiro atoms. The van der Waals surface area contributed by atoms with Gasteiger partial charge >= 0.3 is 7.05 Å². The lowest BCUT2D eigenvalue weighted by Gasteiger charge is -2.43.